The Hall–Kier alpha value is -3.38. The summed E-state index contributed by atoms with van der Waals surface area (Å²) in [5.74, 6) is -0.557. The molecular weight excluding hydrogens is 394 g/mol. The first-order valence-electron chi connectivity index (χ1n) is 9.89. The molecule has 0 saturated carbocycles. The van der Waals surface area contributed by atoms with Crippen LogP contribution >= 0.6 is 12.2 Å². The molecule has 5 nitrogen and oxygen atoms in total. The van der Waals surface area contributed by atoms with Gasteiger partial charge in [-0.05, 0) is 60.1 Å². The van der Waals surface area contributed by atoms with E-state index in [-0.39, 0.29) is 16.9 Å². The Morgan fingerprint density at radius 1 is 1.03 bits per heavy atom. The van der Waals surface area contributed by atoms with Gasteiger partial charge in [0, 0.05) is 18.7 Å². The first-order valence-corrected chi connectivity index (χ1v) is 10.3. The van der Waals surface area contributed by atoms with Crippen molar-refractivity contribution < 1.29 is 9.59 Å². The molecule has 6 heteroatoms. The van der Waals surface area contributed by atoms with Crippen LogP contribution in [0.3, 0.4) is 0 Å². The van der Waals surface area contributed by atoms with Crippen molar-refractivity contribution in [2.45, 2.75) is 13.0 Å². The van der Waals surface area contributed by atoms with Gasteiger partial charge in [0.25, 0.3) is 5.91 Å². The number of amides is 2. The fourth-order valence-electron chi connectivity index (χ4n) is 4.08. The number of hydrogen-bond acceptors (Lipinski definition) is 3. The van der Waals surface area contributed by atoms with Gasteiger partial charge in [-0.25, -0.2) is 4.99 Å². The zero-order valence-electron chi connectivity index (χ0n) is 16.2. The van der Waals surface area contributed by atoms with Crippen LogP contribution in [0.1, 0.15) is 21.5 Å². The number of carbonyl (C=O) groups is 2. The number of nitrogens with zero attached hydrogens (tertiary/aromatic N) is 3. The number of fused-ring (bicyclic) bond motifs is 2. The second-order valence-electron chi connectivity index (χ2n) is 7.51. The van der Waals surface area contributed by atoms with Crippen molar-refractivity contribution in [3.8, 4) is 0 Å². The van der Waals surface area contributed by atoms with E-state index in [9.17, 15) is 9.59 Å². The van der Waals surface area contributed by atoms with Gasteiger partial charge in [0.1, 0.15) is 0 Å². The summed E-state index contributed by atoms with van der Waals surface area (Å²) >= 11 is 5.36. The van der Waals surface area contributed by atoms with E-state index >= 15 is 0 Å². The first-order chi connectivity index (χ1) is 14.6. The second-order valence-corrected chi connectivity index (χ2v) is 7.87. The minimum atomic E-state index is -0.420. The highest BCUT2D eigenvalue weighted by atomic mass is 32.1. The summed E-state index contributed by atoms with van der Waals surface area (Å²) in [5, 5.41) is 0.220. The molecule has 30 heavy (non-hydrogen) atoms. The Morgan fingerprint density at radius 3 is 2.60 bits per heavy atom. The van der Waals surface area contributed by atoms with Crippen molar-refractivity contribution in [3.05, 3.63) is 89.5 Å². The molecule has 0 aromatic heterocycles. The van der Waals surface area contributed by atoms with Crippen LogP contribution in [0.15, 0.2) is 77.8 Å². The van der Waals surface area contributed by atoms with Gasteiger partial charge in [0.2, 0.25) is 11.0 Å². The third-order valence-electron chi connectivity index (χ3n) is 5.69. The molecule has 0 N–H and O–H groups in total. The van der Waals surface area contributed by atoms with Crippen LogP contribution in [0.4, 0.5) is 5.69 Å². The van der Waals surface area contributed by atoms with E-state index in [0.29, 0.717) is 30.1 Å². The minimum absolute atomic E-state index is 0.00995. The summed E-state index contributed by atoms with van der Waals surface area (Å²) < 4.78 is 0. The topological polar surface area (TPSA) is 53.0 Å². The van der Waals surface area contributed by atoms with Gasteiger partial charge in [-0.15, -0.1) is 0 Å². The van der Waals surface area contributed by atoms with E-state index in [1.165, 1.54) is 16.0 Å². The zero-order chi connectivity index (χ0) is 20.7. The molecule has 2 aliphatic heterocycles. The summed E-state index contributed by atoms with van der Waals surface area (Å²) in [4.78, 5) is 33.7. The van der Waals surface area contributed by atoms with E-state index in [4.69, 9.17) is 12.2 Å². The number of allylic oxidation sites excluding steroid dienone is 3. The molecule has 0 spiro atoms. The maximum absolute atomic E-state index is 13.0. The van der Waals surface area contributed by atoms with Crippen LogP contribution in [0, 0.1) is 5.92 Å². The van der Waals surface area contributed by atoms with Crippen LogP contribution in [0.25, 0.3) is 0 Å². The molecule has 2 amide bonds. The average Bonchev–Trinajstić information content (AvgIpc) is 2.79. The van der Waals surface area contributed by atoms with Gasteiger partial charge in [-0.1, -0.05) is 42.5 Å². The van der Waals surface area contributed by atoms with Crippen LogP contribution in [-0.2, 0) is 17.8 Å². The van der Waals surface area contributed by atoms with Crippen molar-refractivity contribution >= 4 is 40.5 Å². The van der Waals surface area contributed by atoms with Crippen molar-refractivity contribution in [1.29, 1.82) is 0 Å². The van der Waals surface area contributed by atoms with Gasteiger partial charge < -0.3 is 4.90 Å². The highest BCUT2D eigenvalue weighted by molar-refractivity contribution is 7.80. The SMILES string of the molecule is O=C(c1ccc(N2C(=O)C3C=CC=CC3=NC2=S)cc1)N1CCc2ccccc2C1. The van der Waals surface area contributed by atoms with Crippen molar-refractivity contribution in [2.75, 3.05) is 11.4 Å². The Labute approximate surface area is 180 Å². The summed E-state index contributed by atoms with van der Waals surface area (Å²) in [7, 11) is 0. The lowest BCUT2D eigenvalue weighted by Gasteiger charge is -2.31. The van der Waals surface area contributed by atoms with E-state index in [1.54, 1.807) is 24.3 Å². The normalized spacial score (nSPS) is 20.0. The predicted molar refractivity (Wildman–Crippen MR) is 121 cm³/mol. The Morgan fingerprint density at radius 2 is 1.80 bits per heavy atom. The molecule has 1 aliphatic carbocycles. The molecule has 3 aliphatic rings. The van der Waals surface area contributed by atoms with Crippen molar-refractivity contribution in [1.82, 2.24) is 4.90 Å². The highest BCUT2D eigenvalue weighted by Gasteiger charge is 2.34. The summed E-state index contributed by atoms with van der Waals surface area (Å²) in [5.41, 5.74) is 4.39. The van der Waals surface area contributed by atoms with E-state index in [2.05, 4.69) is 17.1 Å². The molecule has 5 rings (SSSR count). The molecule has 2 heterocycles. The van der Waals surface area contributed by atoms with Gasteiger partial charge in [0.05, 0.1) is 17.3 Å². The molecular formula is C24H19N3O2S. The average molecular weight is 414 g/mol. The number of anilines is 1. The minimum Gasteiger partial charge on any atom is -0.334 e. The quantitative estimate of drug-likeness (QED) is 0.706. The van der Waals surface area contributed by atoms with Crippen LogP contribution < -0.4 is 4.90 Å². The van der Waals surface area contributed by atoms with Gasteiger partial charge in [-0.3, -0.25) is 14.5 Å². The van der Waals surface area contributed by atoms with E-state index in [1.807, 2.05) is 41.3 Å². The smallest absolute Gasteiger partial charge is 0.254 e. The third kappa shape index (κ3) is 3.19. The number of carbonyl (C=O) groups excluding carboxylic acids is 2. The fourth-order valence-corrected chi connectivity index (χ4v) is 4.38. The Bertz CT molecular complexity index is 1150. The first kappa shape index (κ1) is 18.6. The molecule has 2 aromatic carbocycles. The molecule has 0 saturated heterocycles. The summed E-state index contributed by atoms with van der Waals surface area (Å²) in [6.45, 7) is 1.32. The van der Waals surface area contributed by atoms with E-state index in [0.717, 1.165) is 6.42 Å². The van der Waals surface area contributed by atoms with Gasteiger partial charge >= 0.3 is 0 Å². The van der Waals surface area contributed by atoms with Crippen LogP contribution in [0.5, 0.6) is 0 Å². The Balaban J connectivity index is 1.36. The lowest BCUT2D eigenvalue weighted by Crippen LogP contribution is -2.46. The standard InChI is InChI=1S/C24H19N3O2S/c28-22(26-14-13-16-5-1-2-6-18(16)15-26)17-9-11-19(12-10-17)27-23(29)20-7-3-4-8-21(20)25-24(27)30/h1-12,20H,13-15H2. The van der Waals surface area contributed by atoms with Gasteiger partial charge in [-0.2, -0.15) is 0 Å². The largest absolute Gasteiger partial charge is 0.334 e. The zero-order valence-corrected chi connectivity index (χ0v) is 17.0. The number of hydrogen-bond donors (Lipinski definition) is 0. The maximum Gasteiger partial charge on any atom is 0.254 e. The number of aliphatic imine (C=N–C) groups is 1. The summed E-state index contributed by atoms with van der Waals surface area (Å²) in [6, 6.07) is 15.3. The molecule has 0 bridgehead atoms. The molecule has 1 unspecified atom stereocenters. The molecule has 1 atom stereocenters. The third-order valence-corrected chi connectivity index (χ3v) is 5.97. The van der Waals surface area contributed by atoms with Crippen LogP contribution in [0.2, 0.25) is 0 Å². The summed E-state index contributed by atoms with van der Waals surface area (Å²) in [6.07, 6.45) is 8.18. The van der Waals surface area contributed by atoms with Gasteiger partial charge in [0.15, 0.2) is 0 Å². The highest BCUT2D eigenvalue weighted by Crippen LogP contribution is 2.27. The fraction of sp³-hybridized carbons (Fsp3) is 0.167. The number of thiocarbonyl (C=S) groups is 1. The molecule has 2 aromatic rings. The number of benzene rings is 2. The predicted octanol–water partition coefficient (Wildman–Crippen LogP) is 3.70. The molecule has 0 fully saturated rings. The molecule has 148 valence electrons. The maximum atomic E-state index is 13.0. The number of rotatable bonds is 2. The van der Waals surface area contributed by atoms with Crippen molar-refractivity contribution in [2.24, 2.45) is 10.9 Å². The lowest BCUT2D eigenvalue weighted by molar-refractivity contribution is -0.118. The van der Waals surface area contributed by atoms with Crippen molar-refractivity contribution in [3.63, 3.8) is 0 Å². The monoisotopic (exact) mass is 413 g/mol. The van der Waals surface area contributed by atoms with E-state index < -0.39 is 5.92 Å². The second kappa shape index (κ2) is 7.46. The van der Waals surface area contributed by atoms with Crippen LogP contribution in [-0.4, -0.2) is 34.1 Å². The molecule has 0 radical (unpaired) electrons. The Kier molecular flexibility index (Phi) is 4.64. The lowest BCUT2D eigenvalue weighted by atomic mass is 9.95.